The number of para-hydroxylation sites is 2. The average molecular weight is 751 g/mol. The highest BCUT2D eigenvalue weighted by atomic mass is 32.1. The fourth-order valence-corrected chi connectivity index (χ4v) is 8.76. The second-order valence-electron chi connectivity index (χ2n) is 14.7. The highest BCUT2D eigenvalue weighted by Crippen LogP contribution is 2.42. The van der Waals surface area contributed by atoms with Gasteiger partial charge in [0.15, 0.2) is 23.1 Å². The van der Waals surface area contributed by atoms with Crippen LogP contribution in [-0.4, -0.2) is 12.2 Å². The van der Waals surface area contributed by atoms with Crippen LogP contribution in [0.3, 0.4) is 0 Å². The zero-order valence-electron chi connectivity index (χ0n) is 31.3. The molecule has 0 radical (unpaired) electrons. The molecule has 4 aromatic carbocycles. The van der Waals surface area contributed by atoms with Gasteiger partial charge in [0.2, 0.25) is 0 Å². The summed E-state index contributed by atoms with van der Waals surface area (Å²) >= 11 is 3.50. The summed E-state index contributed by atoms with van der Waals surface area (Å²) in [5.41, 5.74) is 3.55. The Balaban J connectivity index is 1.39. The molecule has 53 heavy (non-hydrogen) atoms. The molecule has 0 aliphatic carbocycles. The van der Waals surface area contributed by atoms with Crippen molar-refractivity contribution in [3.8, 4) is 23.0 Å². The van der Waals surface area contributed by atoms with Crippen molar-refractivity contribution in [1.29, 1.82) is 0 Å². The summed E-state index contributed by atoms with van der Waals surface area (Å²) in [6.45, 7) is 13.3. The smallest absolute Gasteiger partial charge is 0.165 e. The first-order chi connectivity index (χ1) is 25.5. The van der Waals surface area contributed by atoms with Gasteiger partial charge in [0.25, 0.3) is 0 Å². The van der Waals surface area contributed by atoms with E-state index < -0.39 is 22.5 Å². The third-order valence-corrected chi connectivity index (χ3v) is 12.7. The summed E-state index contributed by atoms with van der Waals surface area (Å²) < 4.78 is 49.9. The molecule has 2 unspecified atom stereocenters. The summed E-state index contributed by atoms with van der Waals surface area (Å²) in [6.07, 6.45) is 2.28. The molecule has 0 fully saturated rings. The molecule has 0 spiro atoms. The Morgan fingerprint density at radius 2 is 0.925 bits per heavy atom. The molecular weight excluding hydrogens is 703 g/mol. The molecule has 276 valence electrons. The third-order valence-electron chi connectivity index (χ3n) is 10.1. The molecule has 2 heterocycles. The van der Waals surface area contributed by atoms with Gasteiger partial charge in [0.05, 0.1) is 12.2 Å². The van der Waals surface area contributed by atoms with Gasteiger partial charge in [-0.15, -0.1) is 22.7 Å². The molecule has 6 aromatic rings. The van der Waals surface area contributed by atoms with Crippen LogP contribution in [0.25, 0.3) is 0 Å². The highest BCUT2D eigenvalue weighted by Gasteiger charge is 2.41. The first-order valence-electron chi connectivity index (χ1n) is 18.3. The Labute approximate surface area is 321 Å². The highest BCUT2D eigenvalue weighted by molar-refractivity contribution is 7.10. The molecule has 2 atom stereocenters. The van der Waals surface area contributed by atoms with Crippen molar-refractivity contribution in [3.63, 3.8) is 0 Å². The van der Waals surface area contributed by atoms with Gasteiger partial charge in [-0.05, 0) is 119 Å². The molecule has 0 saturated carbocycles. The minimum absolute atomic E-state index is 0.175. The molecule has 0 saturated heterocycles. The number of halogens is 2. The lowest BCUT2D eigenvalue weighted by Crippen LogP contribution is -2.46. The molecule has 6 rings (SSSR count). The zero-order valence-corrected chi connectivity index (χ0v) is 33.0. The normalized spacial score (nSPS) is 13.1. The maximum atomic E-state index is 15.2. The van der Waals surface area contributed by atoms with Crippen molar-refractivity contribution in [2.24, 2.45) is 0 Å². The topological polar surface area (TPSA) is 27.7 Å². The van der Waals surface area contributed by atoms with E-state index in [0.717, 1.165) is 24.0 Å². The molecule has 0 aliphatic rings. The fourth-order valence-electron chi connectivity index (χ4n) is 6.43. The molecule has 0 aliphatic heterocycles. The van der Waals surface area contributed by atoms with Crippen LogP contribution in [0.5, 0.6) is 23.0 Å². The van der Waals surface area contributed by atoms with Crippen LogP contribution >= 0.6 is 22.7 Å². The number of ether oxygens (including phenoxy) is 3. The average Bonchev–Trinajstić information content (AvgIpc) is 3.86. The number of aryl methyl sites for hydroxylation is 2. The molecule has 0 bridgehead atoms. The molecule has 0 amide bonds. The van der Waals surface area contributed by atoms with E-state index in [0.29, 0.717) is 24.3 Å². The van der Waals surface area contributed by atoms with Gasteiger partial charge >= 0.3 is 0 Å². The van der Waals surface area contributed by atoms with Crippen LogP contribution in [0, 0.1) is 11.6 Å². The summed E-state index contributed by atoms with van der Waals surface area (Å²) in [4.78, 5) is 2.45. The van der Waals surface area contributed by atoms with E-state index in [9.17, 15) is 0 Å². The van der Waals surface area contributed by atoms with E-state index in [1.807, 2.05) is 72.8 Å². The third kappa shape index (κ3) is 9.26. The van der Waals surface area contributed by atoms with Crippen molar-refractivity contribution in [3.05, 3.63) is 164 Å². The SMILES string of the molecule is CCc1csc(C(C)(C)C(Cc2ccc(F)c(Oc3ccccc3)c2)OC(Cc2ccc(F)c(Oc3ccccc3)c2)C(C)(C)c2cc(CC)cs2)c1. The Morgan fingerprint density at radius 3 is 1.28 bits per heavy atom. The van der Waals surface area contributed by atoms with E-state index in [4.69, 9.17) is 14.2 Å². The number of hydrogen-bond donors (Lipinski definition) is 0. The van der Waals surface area contributed by atoms with Crippen LogP contribution < -0.4 is 9.47 Å². The molecular formula is C46H48F2O3S2. The van der Waals surface area contributed by atoms with E-state index in [1.54, 1.807) is 34.8 Å². The van der Waals surface area contributed by atoms with E-state index in [1.165, 1.54) is 33.0 Å². The lowest BCUT2D eigenvalue weighted by molar-refractivity contribution is -0.0740. The van der Waals surface area contributed by atoms with E-state index in [2.05, 4.69) is 64.4 Å². The summed E-state index contributed by atoms with van der Waals surface area (Å²) in [7, 11) is 0. The molecule has 7 heteroatoms. The van der Waals surface area contributed by atoms with Crippen LogP contribution in [0.4, 0.5) is 8.78 Å². The van der Waals surface area contributed by atoms with Crippen molar-refractivity contribution >= 4 is 22.7 Å². The second-order valence-corrected chi connectivity index (χ2v) is 16.5. The number of rotatable bonds is 16. The number of thiophene rings is 2. The standard InChI is InChI=1S/C46H48F2O3S2/c1-7-31-27-43(52-29-31)45(3,4)41(25-33-19-21-37(47)39(23-33)49-35-15-11-9-12-16-35)51-42(46(5,6)44-28-32(8-2)30-53-44)26-34-20-22-38(48)40(24-34)50-36-17-13-10-14-18-36/h9-24,27-30,41-42H,7-8,25-26H2,1-6H3. The Morgan fingerprint density at radius 1 is 0.528 bits per heavy atom. The Bertz CT molecular complexity index is 1940. The molecule has 0 N–H and O–H groups in total. The minimum atomic E-state index is -0.423. The monoisotopic (exact) mass is 750 g/mol. The van der Waals surface area contributed by atoms with Crippen molar-refractivity contribution < 1.29 is 23.0 Å². The number of benzene rings is 4. The summed E-state index contributed by atoms with van der Waals surface area (Å²) in [5, 5.41) is 4.45. The zero-order chi connectivity index (χ0) is 37.6. The minimum Gasteiger partial charge on any atom is -0.454 e. The first kappa shape index (κ1) is 38.4. The van der Waals surface area contributed by atoms with Gasteiger partial charge in [0.1, 0.15) is 11.5 Å². The number of hydrogen-bond acceptors (Lipinski definition) is 5. The first-order valence-corrected chi connectivity index (χ1v) is 20.1. The predicted molar refractivity (Wildman–Crippen MR) is 215 cm³/mol. The van der Waals surface area contributed by atoms with Crippen LogP contribution in [-0.2, 0) is 41.3 Å². The van der Waals surface area contributed by atoms with Crippen LogP contribution in [0.2, 0.25) is 0 Å². The lowest BCUT2D eigenvalue weighted by atomic mass is 9.78. The van der Waals surface area contributed by atoms with Gasteiger partial charge in [0, 0.05) is 20.6 Å². The summed E-state index contributed by atoms with van der Waals surface area (Å²) in [5.74, 6) is 0.647. The van der Waals surface area contributed by atoms with Gasteiger partial charge in [-0.25, -0.2) is 8.78 Å². The van der Waals surface area contributed by atoms with Gasteiger partial charge in [-0.2, -0.15) is 0 Å². The Hall–Kier alpha value is -4.30. The van der Waals surface area contributed by atoms with Crippen LogP contribution in [0.15, 0.2) is 120 Å². The van der Waals surface area contributed by atoms with E-state index >= 15 is 8.78 Å². The quantitative estimate of drug-likeness (QED) is 0.0986. The van der Waals surface area contributed by atoms with Crippen molar-refractivity contribution in [2.45, 2.75) is 90.3 Å². The van der Waals surface area contributed by atoms with Crippen molar-refractivity contribution in [1.82, 2.24) is 0 Å². The molecule has 3 nitrogen and oxygen atoms in total. The predicted octanol–water partition coefficient (Wildman–Crippen LogP) is 13.3. The van der Waals surface area contributed by atoms with Crippen molar-refractivity contribution in [2.75, 3.05) is 0 Å². The maximum Gasteiger partial charge on any atom is 0.165 e. The van der Waals surface area contributed by atoms with E-state index in [-0.39, 0.29) is 23.7 Å². The molecule has 2 aromatic heterocycles. The fraction of sp³-hybridized carbons (Fsp3) is 0.304. The lowest BCUT2D eigenvalue weighted by Gasteiger charge is -2.42. The van der Waals surface area contributed by atoms with Crippen LogP contribution in [0.1, 0.15) is 73.6 Å². The van der Waals surface area contributed by atoms with Gasteiger partial charge < -0.3 is 14.2 Å². The largest absolute Gasteiger partial charge is 0.454 e. The van der Waals surface area contributed by atoms with Gasteiger partial charge in [-0.3, -0.25) is 0 Å². The van der Waals surface area contributed by atoms with Gasteiger partial charge in [-0.1, -0.05) is 90.1 Å². The second kappa shape index (κ2) is 16.8. The maximum absolute atomic E-state index is 15.2. The Kier molecular flexibility index (Phi) is 12.2. The summed E-state index contributed by atoms with van der Waals surface area (Å²) in [6, 6.07) is 33.3.